The Bertz CT molecular complexity index is 802. The van der Waals surface area contributed by atoms with Gasteiger partial charge in [0.2, 0.25) is 11.9 Å². The third-order valence-corrected chi connectivity index (χ3v) is 6.72. The highest BCUT2D eigenvalue weighted by Crippen LogP contribution is 2.30. The summed E-state index contributed by atoms with van der Waals surface area (Å²) in [4.78, 5) is 17.4. The molecule has 0 unspecified atom stereocenters. The minimum atomic E-state index is -0.247. The van der Waals surface area contributed by atoms with Gasteiger partial charge in [-0.15, -0.1) is 10.2 Å². The van der Waals surface area contributed by atoms with Crippen molar-refractivity contribution < 1.29 is 9.21 Å². The van der Waals surface area contributed by atoms with Crippen LogP contribution in [0.25, 0.3) is 0 Å². The number of aromatic nitrogens is 3. The number of furan rings is 1. The predicted octanol–water partition coefficient (Wildman–Crippen LogP) is 4.28. The van der Waals surface area contributed by atoms with E-state index in [1.165, 1.54) is 11.8 Å². The van der Waals surface area contributed by atoms with Crippen LogP contribution < -0.4 is 4.90 Å². The average molecular weight is 434 g/mol. The fourth-order valence-electron chi connectivity index (χ4n) is 4.03. The highest BCUT2D eigenvalue weighted by atomic mass is 32.2. The third-order valence-electron chi connectivity index (χ3n) is 5.65. The molecule has 3 rings (SSSR count). The molecule has 1 saturated heterocycles. The summed E-state index contributed by atoms with van der Waals surface area (Å²) in [6.07, 6.45) is 4.00. The molecule has 0 bridgehead atoms. The van der Waals surface area contributed by atoms with Gasteiger partial charge in [0, 0.05) is 25.2 Å². The molecule has 0 saturated carbocycles. The van der Waals surface area contributed by atoms with E-state index in [2.05, 4.69) is 54.3 Å². The Morgan fingerprint density at radius 1 is 1.20 bits per heavy atom. The number of carbonyl (C=O) groups excluding carboxylic acids is 1. The number of piperidine rings is 1. The van der Waals surface area contributed by atoms with E-state index in [-0.39, 0.29) is 23.2 Å². The maximum Gasteiger partial charge on any atom is 0.236 e. The summed E-state index contributed by atoms with van der Waals surface area (Å²) < 4.78 is 7.69. The van der Waals surface area contributed by atoms with Gasteiger partial charge in [-0.2, -0.15) is 0 Å². The summed E-state index contributed by atoms with van der Waals surface area (Å²) >= 11 is 1.48. The van der Waals surface area contributed by atoms with E-state index in [1.54, 1.807) is 6.26 Å². The number of nitrogens with zero attached hydrogens (tertiary/aromatic N) is 5. The van der Waals surface area contributed by atoms with Gasteiger partial charge in [0.05, 0.1) is 18.1 Å². The van der Waals surface area contributed by atoms with Gasteiger partial charge in [0.15, 0.2) is 5.16 Å². The van der Waals surface area contributed by atoms with Crippen molar-refractivity contribution in [2.45, 2.75) is 83.4 Å². The van der Waals surface area contributed by atoms with Gasteiger partial charge in [0.25, 0.3) is 0 Å². The van der Waals surface area contributed by atoms with Crippen LogP contribution in [0.2, 0.25) is 0 Å². The predicted molar refractivity (Wildman–Crippen MR) is 121 cm³/mol. The summed E-state index contributed by atoms with van der Waals surface area (Å²) in [5, 5.41) is 9.52. The minimum Gasteiger partial charge on any atom is -0.467 e. The Morgan fingerprint density at radius 3 is 2.43 bits per heavy atom. The summed E-state index contributed by atoms with van der Waals surface area (Å²) in [5.74, 6) is 2.59. The van der Waals surface area contributed by atoms with Gasteiger partial charge >= 0.3 is 0 Å². The number of hydrogen-bond acceptors (Lipinski definition) is 6. The maximum atomic E-state index is 13.1. The molecule has 30 heavy (non-hydrogen) atoms. The lowest BCUT2D eigenvalue weighted by atomic mass is 10.00. The lowest BCUT2D eigenvalue weighted by Gasteiger charge is -2.33. The molecule has 7 nitrogen and oxygen atoms in total. The fourth-order valence-corrected chi connectivity index (χ4v) is 4.93. The monoisotopic (exact) mass is 433 g/mol. The first-order valence-corrected chi connectivity index (χ1v) is 11.8. The van der Waals surface area contributed by atoms with E-state index in [0.29, 0.717) is 6.54 Å². The van der Waals surface area contributed by atoms with Crippen molar-refractivity contribution in [3.8, 4) is 0 Å². The van der Waals surface area contributed by atoms with Crippen LogP contribution in [0, 0.1) is 5.92 Å². The highest BCUT2D eigenvalue weighted by molar-refractivity contribution is 8.00. The normalized spacial score (nSPS) is 16.5. The van der Waals surface area contributed by atoms with Crippen LogP contribution in [0.15, 0.2) is 28.0 Å². The number of rotatable bonds is 8. The number of hydrogen-bond donors (Lipinski definition) is 0. The Hall–Kier alpha value is -1.96. The topological polar surface area (TPSA) is 67.4 Å². The molecule has 1 aliphatic heterocycles. The molecular formula is C22H35N5O2S. The smallest absolute Gasteiger partial charge is 0.236 e. The summed E-state index contributed by atoms with van der Waals surface area (Å²) in [6.45, 7) is 15.0. The van der Waals surface area contributed by atoms with Crippen LogP contribution in [0.5, 0.6) is 0 Å². The molecule has 0 aromatic carbocycles. The zero-order chi connectivity index (χ0) is 21.8. The van der Waals surface area contributed by atoms with Crippen LogP contribution >= 0.6 is 11.8 Å². The molecule has 1 amide bonds. The SMILES string of the molecule is CC1CCN(c2nnc(S[C@@H](C)C(=O)N(C(C)C)C(C)C)n2Cc2ccco2)CC1. The van der Waals surface area contributed by atoms with Gasteiger partial charge < -0.3 is 14.2 Å². The lowest BCUT2D eigenvalue weighted by Crippen LogP contribution is -2.45. The molecule has 3 heterocycles. The molecule has 0 aliphatic carbocycles. The number of amides is 1. The van der Waals surface area contributed by atoms with Crippen LogP contribution in [-0.4, -0.2) is 56.0 Å². The van der Waals surface area contributed by atoms with Crippen molar-refractivity contribution in [2.24, 2.45) is 5.92 Å². The Kier molecular flexibility index (Phi) is 7.50. The Labute approximate surface area is 184 Å². The van der Waals surface area contributed by atoms with Crippen LogP contribution in [0.1, 0.15) is 60.1 Å². The Balaban J connectivity index is 1.83. The van der Waals surface area contributed by atoms with Gasteiger partial charge in [0.1, 0.15) is 5.76 Å². The van der Waals surface area contributed by atoms with E-state index in [4.69, 9.17) is 4.42 Å². The highest BCUT2D eigenvalue weighted by Gasteiger charge is 2.29. The molecule has 1 aliphatic rings. The summed E-state index contributed by atoms with van der Waals surface area (Å²) in [5.41, 5.74) is 0. The fraction of sp³-hybridized carbons (Fsp3) is 0.682. The van der Waals surface area contributed by atoms with Gasteiger partial charge in [-0.05, 0) is 65.5 Å². The molecular weight excluding hydrogens is 398 g/mol. The molecule has 2 aromatic heterocycles. The van der Waals surface area contributed by atoms with Crippen LogP contribution in [-0.2, 0) is 11.3 Å². The zero-order valence-electron chi connectivity index (χ0n) is 19.0. The standard InChI is InChI=1S/C22H35N5O2S/c1-15(2)27(16(3)4)20(28)18(6)30-22-24-23-21(25-11-9-17(5)10-12-25)26(22)14-19-8-7-13-29-19/h7-8,13,15-18H,9-12,14H2,1-6H3/t18-/m0/s1. The van der Waals surface area contributed by atoms with Gasteiger partial charge in [-0.1, -0.05) is 18.7 Å². The van der Waals surface area contributed by atoms with Crippen molar-refractivity contribution in [3.05, 3.63) is 24.2 Å². The molecule has 2 aromatic rings. The van der Waals surface area contributed by atoms with Crippen molar-refractivity contribution >= 4 is 23.6 Å². The first kappa shape index (κ1) is 22.7. The summed E-state index contributed by atoms with van der Waals surface area (Å²) in [7, 11) is 0. The number of thioether (sulfide) groups is 1. The van der Waals surface area contributed by atoms with E-state index in [0.717, 1.165) is 48.7 Å². The van der Waals surface area contributed by atoms with Gasteiger partial charge in [-0.3, -0.25) is 9.36 Å². The number of anilines is 1. The maximum absolute atomic E-state index is 13.1. The molecule has 1 atom stereocenters. The van der Waals surface area contributed by atoms with Crippen LogP contribution in [0.4, 0.5) is 5.95 Å². The average Bonchev–Trinajstić information content (AvgIpc) is 3.33. The van der Waals surface area contributed by atoms with Gasteiger partial charge in [-0.25, -0.2) is 0 Å². The quantitative estimate of drug-likeness (QED) is 0.579. The molecule has 0 spiro atoms. The van der Waals surface area contributed by atoms with E-state index in [1.807, 2.05) is 24.0 Å². The van der Waals surface area contributed by atoms with E-state index < -0.39 is 0 Å². The Morgan fingerprint density at radius 2 is 1.87 bits per heavy atom. The first-order valence-electron chi connectivity index (χ1n) is 11.0. The minimum absolute atomic E-state index is 0.130. The number of carbonyl (C=O) groups is 1. The van der Waals surface area contributed by atoms with Crippen molar-refractivity contribution in [1.29, 1.82) is 0 Å². The second kappa shape index (κ2) is 9.90. The molecule has 166 valence electrons. The van der Waals surface area contributed by atoms with Crippen LogP contribution in [0.3, 0.4) is 0 Å². The molecule has 8 heteroatoms. The van der Waals surface area contributed by atoms with Crippen molar-refractivity contribution in [1.82, 2.24) is 19.7 Å². The van der Waals surface area contributed by atoms with E-state index in [9.17, 15) is 4.79 Å². The largest absolute Gasteiger partial charge is 0.467 e. The lowest BCUT2D eigenvalue weighted by molar-refractivity contribution is -0.133. The zero-order valence-corrected chi connectivity index (χ0v) is 19.9. The molecule has 0 radical (unpaired) electrons. The van der Waals surface area contributed by atoms with E-state index >= 15 is 0 Å². The second-order valence-electron chi connectivity index (χ2n) is 8.81. The summed E-state index contributed by atoms with van der Waals surface area (Å²) in [6, 6.07) is 4.17. The first-order chi connectivity index (χ1) is 14.3. The molecule has 1 fully saturated rings. The second-order valence-corrected chi connectivity index (χ2v) is 10.1. The third kappa shape index (κ3) is 5.20. The van der Waals surface area contributed by atoms with Crippen molar-refractivity contribution in [2.75, 3.05) is 18.0 Å². The van der Waals surface area contributed by atoms with Crippen molar-refractivity contribution in [3.63, 3.8) is 0 Å². The molecule has 0 N–H and O–H groups in total.